The van der Waals surface area contributed by atoms with E-state index in [2.05, 4.69) is 20.9 Å². The molecule has 0 aliphatic rings. The van der Waals surface area contributed by atoms with Crippen LogP contribution in [0, 0.1) is 6.92 Å². The lowest BCUT2D eigenvalue weighted by Crippen LogP contribution is -2.01. The molecule has 0 bridgehead atoms. The van der Waals surface area contributed by atoms with E-state index in [4.69, 9.17) is 11.6 Å². The lowest BCUT2D eigenvalue weighted by atomic mass is 10.0. The molecule has 0 atom stereocenters. The second kappa shape index (κ2) is 5.08. The zero-order valence-electron chi connectivity index (χ0n) is 10.7. The second-order valence-electron chi connectivity index (χ2n) is 4.70. The van der Waals surface area contributed by atoms with Crippen LogP contribution in [-0.2, 0) is 0 Å². The number of nitrogens with one attached hydrogen (secondary N) is 1. The van der Waals surface area contributed by atoms with E-state index in [1.54, 1.807) is 18.3 Å². The molecule has 0 saturated carbocycles. The van der Waals surface area contributed by atoms with Crippen molar-refractivity contribution in [3.63, 3.8) is 0 Å². The normalized spacial score (nSPS) is 10.9. The SMILES string of the molecule is Cc1ccc(C(=O)c2c[nH]c3ccc(Br)cc23)c(Cl)c1. The third-order valence-electron chi connectivity index (χ3n) is 3.26. The minimum absolute atomic E-state index is 0.0700. The van der Waals surface area contributed by atoms with Crippen molar-refractivity contribution in [1.82, 2.24) is 4.98 Å². The number of hydrogen-bond donors (Lipinski definition) is 1. The van der Waals surface area contributed by atoms with Gasteiger partial charge in [0.05, 0.1) is 5.02 Å². The first-order chi connectivity index (χ1) is 9.56. The number of ketones is 1. The van der Waals surface area contributed by atoms with Crippen LogP contribution in [0.1, 0.15) is 21.5 Å². The summed E-state index contributed by atoms with van der Waals surface area (Å²) in [5.41, 5.74) is 3.12. The fourth-order valence-electron chi connectivity index (χ4n) is 2.23. The summed E-state index contributed by atoms with van der Waals surface area (Å²) < 4.78 is 0.939. The molecule has 0 aliphatic heterocycles. The van der Waals surface area contributed by atoms with Crippen molar-refractivity contribution >= 4 is 44.2 Å². The first-order valence-electron chi connectivity index (χ1n) is 6.14. The Bertz CT molecular complexity index is 822. The molecule has 3 rings (SSSR count). The van der Waals surface area contributed by atoms with Crippen molar-refractivity contribution < 1.29 is 4.79 Å². The summed E-state index contributed by atoms with van der Waals surface area (Å²) in [4.78, 5) is 15.8. The molecule has 0 spiro atoms. The van der Waals surface area contributed by atoms with Crippen LogP contribution >= 0.6 is 27.5 Å². The van der Waals surface area contributed by atoms with Gasteiger partial charge in [-0.25, -0.2) is 0 Å². The molecule has 4 heteroatoms. The van der Waals surface area contributed by atoms with E-state index in [0.29, 0.717) is 16.1 Å². The number of rotatable bonds is 2. The average molecular weight is 349 g/mol. The topological polar surface area (TPSA) is 32.9 Å². The number of aromatic amines is 1. The van der Waals surface area contributed by atoms with Crippen LogP contribution in [0.15, 0.2) is 47.1 Å². The fourth-order valence-corrected chi connectivity index (χ4v) is 2.91. The molecule has 2 nitrogen and oxygen atoms in total. The van der Waals surface area contributed by atoms with Gasteiger partial charge in [-0.1, -0.05) is 33.6 Å². The van der Waals surface area contributed by atoms with Crippen LogP contribution in [0.3, 0.4) is 0 Å². The van der Waals surface area contributed by atoms with Gasteiger partial charge in [0, 0.05) is 32.7 Å². The van der Waals surface area contributed by atoms with Crippen LogP contribution in [0.25, 0.3) is 10.9 Å². The maximum Gasteiger partial charge on any atom is 0.196 e. The van der Waals surface area contributed by atoms with Crippen LogP contribution in [0.2, 0.25) is 5.02 Å². The number of halogens is 2. The summed E-state index contributed by atoms with van der Waals surface area (Å²) in [6.45, 7) is 1.95. The molecule has 1 aromatic heterocycles. The minimum atomic E-state index is -0.0700. The zero-order valence-corrected chi connectivity index (χ0v) is 13.0. The van der Waals surface area contributed by atoms with E-state index in [0.717, 1.165) is 20.9 Å². The standard InChI is InChI=1S/C16H11BrClNO/c1-9-2-4-11(14(18)6-9)16(20)13-8-19-15-5-3-10(17)7-12(13)15/h2-8,19H,1H3. The molecule has 0 amide bonds. The van der Waals surface area contributed by atoms with E-state index < -0.39 is 0 Å². The second-order valence-corrected chi connectivity index (χ2v) is 6.03. The lowest BCUT2D eigenvalue weighted by molar-refractivity contribution is 0.104. The Balaban J connectivity index is 2.15. The highest BCUT2D eigenvalue weighted by molar-refractivity contribution is 9.10. The van der Waals surface area contributed by atoms with Crippen molar-refractivity contribution in [2.45, 2.75) is 6.92 Å². The third-order valence-corrected chi connectivity index (χ3v) is 4.06. The molecule has 0 radical (unpaired) electrons. The van der Waals surface area contributed by atoms with Crippen molar-refractivity contribution in [2.24, 2.45) is 0 Å². The Morgan fingerprint density at radius 1 is 1.15 bits per heavy atom. The van der Waals surface area contributed by atoms with Crippen LogP contribution < -0.4 is 0 Å². The Morgan fingerprint density at radius 3 is 2.70 bits per heavy atom. The monoisotopic (exact) mass is 347 g/mol. The molecular weight excluding hydrogens is 338 g/mol. The van der Waals surface area contributed by atoms with Gasteiger partial charge in [-0.2, -0.15) is 0 Å². The number of fused-ring (bicyclic) bond motifs is 1. The van der Waals surface area contributed by atoms with Crippen LogP contribution in [0.5, 0.6) is 0 Å². The molecule has 0 saturated heterocycles. The van der Waals surface area contributed by atoms with E-state index in [9.17, 15) is 4.79 Å². The zero-order chi connectivity index (χ0) is 14.3. The van der Waals surface area contributed by atoms with E-state index in [1.807, 2.05) is 31.2 Å². The maximum atomic E-state index is 12.6. The number of aromatic nitrogens is 1. The third kappa shape index (κ3) is 2.28. The minimum Gasteiger partial charge on any atom is -0.360 e. The summed E-state index contributed by atoms with van der Waals surface area (Å²) >= 11 is 9.61. The molecule has 100 valence electrons. The number of hydrogen-bond acceptors (Lipinski definition) is 1. The molecule has 20 heavy (non-hydrogen) atoms. The van der Waals surface area contributed by atoms with Gasteiger partial charge in [-0.15, -0.1) is 0 Å². The Morgan fingerprint density at radius 2 is 1.95 bits per heavy atom. The van der Waals surface area contributed by atoms with Gasteiger partial charge in [0.1, 0.15) is 0 Å². The van der Waals surface area contributed by atoms with E-state index in [-0.39, 0.29) is 5.78 Å². The Labute approximate surface area is 129 Å². The number of carbonyl (C=O) groups excluding carboxylic acids is 1. The molecule has 0 fully saturated rings. The first-order valence-corrected chi connectivity index (χ1v) is 7.31. The molecule has 1 heterocycles. The van der Waals surface area contributed by atoms with Crippen molar-refractivity contribution in [2.75, 3.05) is 0 Å². The molecule has 0 aliphatic carbocycles. The lowest BCUT2D eigenvalue weighted by Gasteiger charge is -2.04. The van der Waals surface area contributed by atoms with Crippen LogP contribution in [-0.4, -0.2) is 10.8 Å². The van der Waals surface area contributed by atoms with Crippen molar-refractivity contribution in [3.8, 4) is 0 Å². The number of H-pyrrole nitrogens is 1. The summed E-state index contributed by atoms with van der Waals surface area (Å²) in [6.07, 6.45) is 1.73. The van der Waals surface area contributed by atoms with Crippen molar-refractivity contribution in [3.05, 3.63) is 68.8 Å². The quantitative estimate of drug-likeness (QED) is 0.640. The number of benzene rings is 2. The fraction of sp³-hybridized carbons (Fsp3) is 0.0625. The molecule has 2 aromatic carbocycles. The predicted molar refractivity (Wildman–Crippen MR) is 85.6 cm³/mol. The van der Waals surface area contributed by atoms with E-state index >= 15 is 0 Å². The summed E-state index contributed by atoms with van der Waals surface area (Å²) in [7, 11) is 0. The van der Waals surface area contributed by atoms with Gasteiger partial charge in [0.25, 0.3) is 0 Å². The molecule has 1 N–H and O–H groups in total. The Hall–Kier alpha value is -1.58. The largest absolute Gasteiger partial charge is 0.360 e. The highest BCUT2D eigenvalue weighted by atomic mass is 79.9. The van der Waals surface area contributed by atoms with Gasteiger partial charge < -0.3 is 4.98 Å². The van der Waals surface area contributed by atoms with Crippen molar-refractivity contribution in [1.29, 1.82) is 0 Å². The van der Waals surface area contributed by atoms with Gasteiger partial charge in [-0.3, -0.25) is 4.79 Å². The predicted octanol–water partition coefficient (Wildman–Crippen LogP) is 5.12. The molecular formula is C16H11BrClNO. The highest BCUT2D eigenvalue weighted by Crippen LogP contribution is 2.27. The average Bonchev–Trinajstić information content (AvgIpc) is 2.81. The Kier molecular flexibility index (Phi) is 3.40. The van der Waals surface area contributed by atoms with Gasteiger partial charge in [-0.05, 0) is 42.8 Å². The number of carbonyl (C=O) groups is 1. The molecule has 0 unspecified atom stereocenters. The number of aryl methyl sites for hydroxylation is 1. The smallest absolute Gasteiger partial charge is 0.196 e. The first kappa shape index (κ1) is 13.4. The maximum absolute atomic E-state index is 12.6. The summed E-state index contributed by atoms with van der Waals surface area (Å²) in [5, 5.41) is 1.38. The van der Waals surface area contributed by atoms with Gasteiger partial charge in [0.15, 0.2) is 5.78 Å². The van der Waals surface area contributed by atoms with Gasteiger partial charge in [0.2, 0.25) is 0 Å². The van der Waals surface area contributed by atoms with E-state index in [1.165, 1.54) is 0 Å². The van der Waals surface area contributed by atoms with Gasteiger partial charge >= 0.3 is 0 Å². The van der Waals surface area contributed by atoms with Crippen LogP contribution in [0.4, 0.5) is 0 Å². The highest BCUT2D eigenvalue weighted by Gasteiger charge is 2.17. The summed E-state index contributed by atoms with van der Waals surface area (Å²) in [5.74, 6) is -0.0700. The summed E-state index contributed by atoms with van der Waals surface area (Å²) in [6, 6.07) is 11.3. The molecule has 3 aromatic rings.